The Bertz CT molecular complexity index is 179. The first kappa shape index (κ1) is 11.5. The van der Waals surface area contributed by atoms with Gasteiger partial charge >= 0.3 is 0 Å². The molecular formula is C12H23NO. The van der Waals surface area contributed by atoms with E-state index in [0.29, 0.717) is 11.8 Å². The van der Waals surface area contributed by atoms with Crippen LogP contribution in [0.5, 0.6) is 0 Å². The van der Waals surface area contributed by atoms with E-state index in [1.807, 2.05) is 0 Å². The van der Waals surface area contributed by atoms with Crippen molar-refractivity contribution in [1.29, 1.82) is 0 Å². The van der Waals surface area contributed by atoms with E-state index in [1.54, 1.807) is 7.05 Å². The van der Waals surface area contributed by atoms with Gasteiger partial charge in [0, 0.05) is 13.0 Å². The summed E-state index contributed by atoms with van der Waals surface area (Å²) < 4.78 is 0. The highest BCUT2D eigenvalue weighted by Gasteiger charge is 2.41. The van der Waals surface area contributed by atoms with Gasteiger partial charge in [0.1, 0.15) is 0 Å². The lowest BCUT2D eigenvalue weighted by atomic mass is 10.1. The van der Waals surface area contributed by atoms with Crippen molar-refractivity contribution >= 4 is 5.91 Å². The summed E-state index contributed by atoms with van der Waals surface area (Å²) in [4.78, 5) is 11.2. The highest BCUT2D eigenvalue weighted by atomic mass is 16.1. The van der Waals surface area contributed by atoms with Gasteiger partial charge in [0.05, 0.1) is 0 Å². The smallest absolute Gasteiger partial charge is 0.223 e. The summed E-state index contributed by atoms with van der Waals surface area (Å²) in [7, 11) is 1.74. The Balaban J connectivity index is 1.93. The number of nitrogens with one attached hydrogen (secondary N) is 1. The van der Waals surface area contributed by atoms with E-state index in [2.05, 4.69) is 12.2 Å². The minimum Gasteiger partial charge on any atom is -0.359 e. The molecule has 0 aromatic rings. The van der Waals surface area contributed by atoms with E-state index in [4.69, 9.17) is 0 Å². The van der Waals surface area contributed by atoms with Crippen molar-refractivity contribution < 1.29 is 4.79 Å². The maximum atomic E-state index is 11.2. The standard InChI is InChI=1S/C12H23NO/c1-3-4-5-6-7-8-10-9-11(10)12(14)13-2/h10-11H,3-9H2,1-2H3,(H,13,14)/t10-,11+/m1/s1. The summed E-state index contributed by atoms with van der Waals surface area (Å²) in [5.41, 5.74) is 0. The molecule has 2 atom stereocenters. The van der Waals surface area contributed by atoms with Gasteiger partial charge in [-0.05, 0) is 18.8 Å². The molecule has 0 aliphatic heterocycles. The Hall–Kier alpha value is -0.530. The molecule has 2 nitrogen and oxygen atoms in total. The molecule has 1 aliphatic carbocycles. The summed E-state index contributed by atoms with van der Waals surface area (Å²) in [5, 5.41) is 2.73. The second-order valence-corrected chi connectivity index (χ2v) is 4.42. The van der Waals surface area contributed by atoms with Gasteiger partial charge in [-0.15, -0.1) is 0 Å². The second kappa shape index (κ2) is 6.05. The van der Waals surface area contributed by atoms with Crippen LogP contribution in [0.3, 0.4) is 0 Å². The molecule has 0 saturated heterocycles. The monoisotopic (exact) mass is 197 g/mol. The topological polar surface area (TPSA) is 29.1 Å². The molecule has 0 unspecified atom stereocenters. The van der Waals surface area contributed by atoms with Gasteiger partial charge in [0.25, 0.3) is 0 Å². The van der Waals surface area contributed by atoms with Crippen LogP contribution in [0.25, 0.3) is 0 Å². The van der Waals surface area contributed by atoms with Crippen LogP contribution in [0.15, 0.2) is 0 Å². The summed E-state index contributed by atoms with van der Waals surface area (Å²) in [6, 6.07) is 0. The van der Waals surface area contributed by atoms with Crippen molar-refractivity contribution in [2.45, 2.75) is 51.9 Å². The Kier molecular flexibility index (Phi) is 4.99. The Morgan fingerprint density at radius 3 is 2.64 bits per heavy atom. The average molecular weight is 197 g/mol. The van der Waals surface area contributed by atoms with Crippen LogP contribution in [0.1, 0.15) is 51.9 Å². The normalized spacial score (nSPS) is 24.7. The SMILES string of the molecule is CCCCCCC[C@@H]1C[C@@H]1C(=O)NC. The number of rotatable bonds is 7. The van der Waals surface area contributed by atoms with Gasteiger partial charge in [-0.1, -0.05) is 39.0 Å². The molecular weight excluding hydrogens is 174 g/mol. The minimum absolute atomic E-state index is 0.253. The summed E-state index contributed by atoms with van der Waals surface area (Å²) >= 11 is 0. The van der Waals surface area contributed by atoms with Gasteiger partial charge in [-0.3, -0.25) is 4.79 Å². The zero-order chi connectivity index (χ0) is 10.4. The number of hydrogen-bond acceptors (Lipinski definition) is 1. The van der Waals surface area contributed by atoms with Crippen LogP contribution in [-0.2, 0) is 4.79 Å². The summed E-state index contributed by atoms with van der Waals surface area (Å²) in [6.45, 7) is 2.24. The van der Waals surface area contributed by atoms with Crippen LogP contribution in [0, 0.1) is 11.8 Å². The molecule has 0 bridgehead atoms. The average Bonchev–Trinajstić information content (AvgIpc) is 2.96. The summed E-state index contributed by atoms with van der Waals surface area (Å²) in [5.74, 6) is 1.31. The minimum atomic E-state index is 0.253. The van der Waals surface area contributed by atoms with Crippen LogP contribution >= 0.6 is 0 Å². The van der Waals surface area contributed by atoms with Crippen LogP contribution in [-0.4, -0.2) is 13.0 Å². The van der Waals surface area contributed by atoms with Crippen molar-refractivity contribution in [3.8, 4) is 0 Å². The molecule has 0 radical (unpaired) electrons. The predicted molar refractivity (Wildman–Crippen MR) is 59.0 cm³/mol. The zero-order valence-electron chi connectivity index (χ0n) is 9.51. The maximum Gasteiger partial charge on any atom is 0.223 e. The maximum absolute atomic E-state index is 11.2. The van der Waals surface area contributed by atoms with Crippen molar-refractivity contribution in [3.05, 3.63) is 0 Å². The van der Waals surface area contributed by atoms with E-state index in [9.17, 15) is 4.79 Å². The molecule has 1 fully saturated rings. The van der Waals surface area contributed by atoms with Crippen LogP contribution in [0.2, 0.25) is 0 Å². The van der Waals surface area contributed by atoms with E-state index < -0.39 is 0 Å². The second-order valence-electron chi connectivity index (χ2n) is 4.42. The highest BCUT2D eigenvalue weighted by molar-refractivity contribution is 5.81. The van der Waals surface area contributed by atoms with Crippen molar-refractivity contribution in [1.82, 2.24) is 5.32 Å². The molecule has 1 aliphatic rings. The van der Waals surface area contributed by atoms with Gasteiger partial charge < -0.3 is 5.32 Å². The van der Waals surface area contributed by atoms with Crippen molar-refractivity contribution in [3.63, 3.8) is 0 Å². The first-order valence-electron chi connectivity index (χ1n) is 6.01. The number of hydrogen-bond donors (Lipinski definition) is 1. The third kappa shape index (κ3) is 3.69. The lowest BCUT2D eigenvalue weighted by Crippen LogP contribution is -2.20. The quantitative estimate of drug-likeness (QED) is 0.625. The first-order valence-corrected chi connectivity index (χ1v) is 6.01. The Morgan fingerprint density at radius 2 is 2.00 bits per heavy atom. The third-order valence-corrected chi connectivity index (χ3v) is 3.18. The molecule has 14 heavy (non-hydrogen) atoms. The molecule has 0 spiro atoms. The number of unbranched alkanes of at least 4 members (excludes halogenated alkanes) is 4. The molecule has 2 heteroatoms. The van der Waals surface area contributed by atoms with Crippen molar-refractivity contribution in [2.75, 3.05) is 7.05 Å². The summed E-state index contributed by atoms with van der Waals surface area (Å²) in [6.07, 6.45) is 9.11. The van der Waals surface area contributed by atoms with E-state index in [0.717, 1.165) is 6.42 Å². The lowest BCUT2D eigenvalue weighted by molar-refractivity contribution is -0.122. The molecule has 1 rings (SSSR count). The fraction of sp³-hybridized carbons (Fsp3) is 0.917. The van der Waals surface area contributed by atoms with Crippen molar-refractivity contribution in [2.24, 2.45) is 11.8 Å². The molecule has 82 valence electrons. The van der Waals surface area contributed by atoms with E-state index >= 15 is 0 Å². The van der Waals surface area contributed by atoms with Crippen LogP contribution in [0.4, 0.5) is 0 Å². The van der Waals surface area contributed by atoms with E-state index in [1.165, 1.54) is 38.5 Å². The van der Waals surface area contributed by atoms with Gasteiger partial charge in [0.2, 0.25) is 5.91 Å². The van der Waals surface area contributed by atoms with E-state index in [-0.39, 0.29) is 5.91 Å². The molecule has 1 N–H and O–H groups in total. The number of carbonyl (C=O) groups excluding carboxylic acids is 1. The number of carbonyl (C=O) groups is 1. The molecule has 0 aromatic heterocycles. The first-order chi connectivity index (χ1) is 6.79. The van der Waals surface area contributed by atoms with Crippen LogP contribution < -0.4 is 5.32 Å². The van der Waals surface area contributed by atoms with Gasteiger partial charge in [-0.2, -0.15) is 0 Å². The van der Waals surface area contributed by atoms with Gasteiger partial charge in [0.15, 0.2) is 0 Å². The molecule has 1 saturated carbocycles. The predicted octanol–water partition coefficient (Wildman–Crippen LogP) is 2.73. The number of amides is 1. The third-order valence-electron chi connectivity index (χ3n) is 3.18. The fourth-order valence-corrected chi connectivity index (χ4v) is 2.08. The molecule has 0 heterocycles. The Labute approximate surface area is 87.5 Å². The highest BCUT2D eigenvalue weighted by Crippen LogP contribution is 2.42. The fourth-order valence-electron chi connectivity index (χ4n) is 2.08. The zero-order valence-corrected chi connectivity index (χ0v) is 9.51. The molecule has 0 aromatic carbocycles. The lowest BCUT2D eigenvalue weighted by Gasteiger charge is -2.00. The van der Waals surface area contributed by atoms with Gasteiger partial charge in [-0.25, -0.2) is 0 Å². The largest absolute Gasteiger partial charge is 0.359 e. The Morgan fingerprint density at radius 1 is 1.29 bits per heavy atom. The molecule has 1 amide bonds.